The molecule has 0 unspecified atom stereocenters. The van der Waals surface area contributed by atoms with E-state index in [-0.39, 0.29) is 9.52 Å². The predicted molar refractivity (Wildman–Crippen MR) is 61.6 cm³/mol. The Kier molecular flexibility index (Phi) is 6.45. The van der Waals surface area contributed by atoms with Crippen LogP contribution in [0.3, 0.4) is 0 Å². The fourth-order valence-corrected chi connectivity index (χ4v) is 4.26. The quantitative estimate of drug-likeness (QED) is 0.338. The largest absolute Gasteiger partial charge is 0.103 e. The molecular weight excluding hydrogens is 160 g/mol. The molecule has 0 rings (SSSR count). The van der Waals surface area contributed by atoms with Crippen molar-refractivity contribution in [1.82, 2.24) is 0 Å². The standard InChI is InChI=1S/C11H24Si/c1-6-7-8-12-11(9(2)3)10(4)5/h6,9-11H,1,7-8,12H2,2-5H3. The highest BCUT2D eigenvalue weighted by Gasteiger charge is 2.16. The van der Waals surface area contributed by atoms with Crippen LogP contribution in [-0.4, -0.2) is 9.52 Å². The zero-order valence-corrected chi connectivity index (χ0v) is 10.6. The van der Waals surface area contributed by atoms with Gasteiger partial charge in [-0.2, -0.15) is 0 Å². The molecule has 0 aromatic rings. The molecule has 0 radical (unpaired) electrons. The zero-order chi connectivity index (χ0) is 9.56. The SMILES string of the molecule is C=CCC[SiH2]C(C(C)C)C(C)C. The number of allylic oxidation sites excluding steroid dienone is 1. The van der Waals surface area contributed by atoms with E-state index in [9.17, 15) is 0 Å². The fourth-order valence-electron chi connectivity index (χ4n) is 1.93. The highest BCUT2D eigenvalue weighted by molar-refractivity contribution is 6.37. The summed E-state index contributed by atoms with van der Waals surface area (Å²) in [5.41, 5.74) is 1.03. The summed E-state index contributed by atoms with van der Waals surface area (Å²) in [4.78, 5) is 0. The van der Waals surface area contributed by atoms with E-state index < -0.39 is 0 Å². The van der Waals surface area contributed by atoms with Gasteiger partial charge in [-0.05, 0) is 23.8 Å². The first-order valence-electron chi connectivity index (χ1n) is 5.20. The Morgan fingerprint density at radius 1 is 1.17 bits per heavy atom. The van der Waals surface area contributed by atoms with Crippen LogP contribution in [0.1, 0.15) is 34.1 Å². The molecule has 72 valence electrons. The maximum absolute atomic E-state index is 3.77. The van der Waals surface area contributed by atoms with Crippen LogP contribution in [0.4, 0.5) is 0 Å². The van der Waals surface area contributed by atoms with Crippen LogP contribution in [0.25, 0.3) is 0 Å². The lowest BCUT2D eigenvalue weighted by Crippen LogP contribution is -2.15. The molecule has 1 heteroatoms. The summed E-state index contributed by atoms with van der Waals surface area (Å²) in [6.07, 6.45) is 3.30. The smallest absolute Gasteiger partial charge is 0.0241 e. The first-order chi connectivity index (χ1) is 5.59. The predicted octanol–water partition coefficient (Wildman–Crippen LogP) is 3.25. The van der Waals surface area contributed by atoms with Gasteiger partial charge in [-0.1, -0.05) is 39.8 Å². The lowest BCUT2D eigenvalue weighted by atomic mass is 10.00. The summed E-state index contributed by atoms with van der Waals surface area (Å²) in [7, 11) is 0.148. The summed E-state index contributed by atoms with van der Waals surface area (Å²) in [5, 5.41) is 0. The fraction of sp³-hybridized carbons (Fsp3) is 0.818. The average Bonchev–Trinajstić information content (AvgIpc) is 1.96. The van der Waals surface area contributed by atoms with Crippen LogP contribution in [0.15, 0.2) is 12.7 Å². The first-order valence-corrected chi connectivity index (χ1v) is 7.02. The Balaban J connectivity index is 3.71. The van der Waals surface area contributed by atoms with Gasteiger partial charge in [0.15, 0.2) is 0 Å². The van der Waals surface area contributed by atoms with Crippen LogP contribution in [0, 0.1) is 11.8 Å². The highest BCUT2D eigenvalue weighted by Crippen LogP contribution is 2.26. The van der Waals surface area contributed by atoms with Crippen molar-refractivity contribution < 1.29 is 0 Å². The first kappa shape index (κ1) is 12.0. The van der Waals surface area contributed by atoms with Crippen molar-refractivity contribution in [3.63, 3.8) is 0 Å². The molecule has 0 aromatic heterocycles. The molecule has 0 saturated heterocycles. The second-order valence-corrected chi connectivity index (χ2v) is 6.60. The van der Waals surface area contributed by atoms with Crippen LogP contribution >= 0.6 is 0 Å². The minimum absolute atomic E-state index is 0.148. The van der Waals surface area contributed by atoms with E-state index in [4.69, 9.17) is 0 Å². The molecule has 0 spiro atoms. The van der Waals surface area contributed by atoms with Crippen molar-refractivity contribution in [2.24, 2.45) is 11.8 Å². The van der Waals surface area contributed by atoms with Crippen LogP contribution < -0.4 is 0 Å². The Bertz CT molecular complexity index is 108. The van der Waals surface area contributed by atoms with E-state index in [2.05, 4.69) is 40.3 Å². The summed E-state index contributed by atoms with van der Waals surface area (Å²) in [6.45, 7) is 13.2. The van der Waals surface area contributed by atoms with Crippen molar-refractivity contribution in [2.75, 3.05) is 0 Å². The molecule has 0 aliphatic heterocycles. The van der Waals surface area contributed by atoms with Gasteiger partial charge >= 0.3 is 0 Å². The molecule has 0 bridgehead atoms. The van der Waals surface area contributed by atoms with Gasteiger partial charge in [-0.25, -0.2) is 0 Å². The molecular formula is C11H24Si. The monoisotopic (exact) mass is 184 g/mol. The summed E-state index contributed by atoms with van der Waals surface area (Å²) in [6, 6.07) is 1.45. The third-order valence-electron chi connectivity index (χ3n) is 2.66. The highest BCUT2D eigenvalue weighted by atomic mass is 28.2. The molecule has 0 atom stereocenters. The molecule has 0 amide bonds. The van der Waals surface area contributed by atoms with E-state index in [1.807, 2.05) is 0 Å². The van der Waals surface area contributed by atoms with Gasteiger partial charge < -0.3 is 0 Å². The molecule has 0 aliphatic rings. The maximum Gasteiger partial charge on any atom is 0.0241 e. The molecule has 0 nitrogen and oxygen atoms in total. The molecule has 0 fully saturated rings. The van der Waals surface area contributed by atoms with Gasteiger partial charge in [0.2, 0.25) is 0 Å². The van der Waals surface area contributed by atoms with Crippen molar-refractivity contribution >= 4 is 9.52 Å². The summed E-state index contributed by atoms with van der Waals surface area (Å²) >= 11 is 0. The molecule has 0 N–H and O–H groups in total. The molecule has 0 aromatic carbocycles. The van der Waals surface area contributed by atoms with Gasteiger partial charge in [-0.3, -0.25) is 0 Å². The van der Waals surface area contributed by atoms with Gasteiger partial charge in [0.05, 0.1) is 0 Å². The topological polar surface area (TPSA) is 0 Å². The Labute approximate surface area is 80.3 Å². The Hall–Kier alpha value is -0.0431. The van der Waals surface area contributed by atoms with E-state index in [1.165, 1.54) is 12.5 Å². The zero-order valence-electron chi connectivity index (χ0n) is 9.14. The second kappa shape index (κ2) is 6.47. The van der Waals surface area contributed by atoms with Crippen molar-refractivity contribution in [3.05, 3.63) is 12.7 Å². The molecule has 0 saturated carbocycles. The number of hydrogen-bond acceptors (Lipinski definition) is 0. The number of rotatable bonds is 6. The molecule has 0 heterocycles. The van der Waals surface area contributed by atoms with Crippen LogP contribution in [0.5, 0.6) is 0 Å². The maximum atomic E-state index is 3.77. The molecule has 0 aliphatic carbocycles. The minimum Gasteiger partial charge on any atom is -0.103 e. The van der Waals surface area contributed by atoms with Crippen molar-refractivity contribution in [1.29, 1.82) is 0 Å². The average molecular weight is 184 g/mol. The van der Waals surface area contributed by atoms with E-state index in [0.717, 1.165) is 17.4 Å². The Morgan fingerprint density at radius 2 is 1.67 bits per heavy atom. The van der Waals surface area contributed by atoms with Crippen LogP contribution in [-0.2, 0) is 0 Å². The summed E-state index contributed by atoms with van der Waals surface area (Å²) < 4.78 is 0. The van der Waals surface area contributed by atoms with Crippen molar-refractivity contribution in [3.8, 4) is 0 Å². The van der Waals surface area contributed by atoms with Crippen molar-refractivity contribution in [2.45, 2.75) is 45.7 Å². The van der Waals surface area contributed by atoms with E-state index in [0.29, 0.717) is 0 Å². The van der Waals surface area contributed by atoms with Gasteiger partial charge in [0.1, 0.15) is 0 Å². The number of hydrogen-bond donors (Lipinski definition) is 0. The van der Waals surface area contributed by atoms with Gasteiger partial charge in [0, 0.05) is 9.52 Å². The normalized spacial score (nSPS) is 12.6. The van der Waals surface area contributed by atoms with E-state index in [1.54, 1.807) is 0 Å². The minimum atomic E-state index is 0.148. The van der Waals surface area contributed by atoms with Gasteiger partial charge in [0.25, 0.3) is 0 Å². The third kappa shape index (κ3) is 4.76. The van der Waals surface area contributed by atoms with Gasteiger partial charge in [-0.15, -0.1) is 6.58 Å². The third-order valence-corrected chi connectivity index (χ3v) is 6.03. The lowest BCUT2D eigenvalue weighted by Gasteiger charge is -2.24. The Morgan fingerprint density at radius 3 is 2.00 bits per heavy atom. The second-order valence-electron chi connectivity index (χ2n) is 4.37. The van der Waals surface area contributed by atoms with Crippen LogP contribution in [0.2, 0.25) is 11.6 Å². The molecule has 12 heavy (non-hydrogen) atoms. The van der Waals surface area contributed by atoms with E-state index >= 15 is 0 Å². The lowest BCUT2D eigenvalue weighted by molar-refractivity contribution is 0.463. The summed E-state index contributed by atoms with van der Waals surface area (Å²) in [5.74, 6) is 1.78.